The molecule has 0 spiro atoms. The summed E-state index contributed by atoms with van der Waals surface area (Å²) in [5, 5.41) is 13.2. The number of anilines is 1. The number of aryl methyl sites for hydroxylation is 1. The van der Waals surface area contributed by atoms with Gasteiger partial charge in [0.05, 0.1) is 5.52 Å². The highest BCUT2D eigenvalue weighted by molar-refractivity contribution is 5.91. The van der Waals surface area contributed by atoms with Crippen molar-refractivity contribution < 1.29 is 9.50 Å². The maximum atomic E-state index is 13.4. The number of aromatic nitrogens is 1. The number of nitrogens with zero attached hydrogens (tertiary/aromatic N) is 1. The molecule has 0 saturated carbocycles. The number of aliphatic hydroxyl groups is 1. The topological polar surface area (TPSA) is 45.1 Å². The highest BCUT2D eigenvalue weighted by Crippen LogP contribution is 2.24. The number of hydrogen-bond donors (Lipinski definition) is 2. The number of benzene rings is 1. The molecule has 0 radical (unpaired) electrons. The monoisotopic (exact) mass is 276 g/mol. The maximum absolute atomic E-state index is 13.4. The van der Waals surface area contributed by atoms with E-state index in [1.807, 2.05) is 13.0 Å². The molecule has 2 aromatic rings. The van der Waals surface area contributed by atoms with Crippen LogP contribution in [0.4, 0.5) is 10.1 Å². The molecule has 0 aliphatic rings. The fraction of sp³-hybridized carbons (Fsp3) is 0.438. The summed E-state index contributed by atoms with van der Waals surface area (Å²) in [7, 11) is 0. The first-order valence-corrected chi connectivity index (χ1v) is 7.05. The van der Waals surface area contributed by atoms with Crippen LogP contribution in [-0.4, -0.2) is 23.2 Å². The van der Waals surface area contributed by atoms with Crippen LogP contribution in [0.15, 0.2) is 24.3 Å². The molecule has 0 aliphatic heterocycles. The molecule has 0 aliphatic carbocycles. The van der Waals surface area contributed by atoms with E-state index in [2.05, 4.69) is 17.2 Å². The fourth-order valence-electron chi connectivity index (χ4n) is 2.36. The van der Waals surface area contributed by atoms with E-state index in [1.165, 1.54) is 12.1 Å². The molecular weight excluding hydrogens is 255 g/mol. The quantitative estimate of drug-likeness (QED) is 0.848. The molecule has 2 N–H and O–H groups in total. The first-order valence-electron chi connectivity index (χ1n) is 7.05. The summed E-state index contributed by atoms with van der Waals surface area (Å²) in [6.07, 6.45) is 1.78. The van der Waals surface area contributed by atoms with Gasteiger partial charge in [0.2, 0.25) is 0 Å². The van der Waals surface area contributed by atoms with Crippen molar-refractivity contribution in [2.45, 2.75) is 26.7 Å². The molecule has 0 saturated heterocycles. The molecule has 1 aromatic heterocycles. The van der Waals surface area contributed by atoms with E-state index < -0.39 is 0 Å². The van der Waals surface area contributed by atoms with Gasteiger partial charge in [0, 0.05) is 29.9 Å². The highest BCUT2D eigenvalue weighted by atomic mass is 19.1. The summed E-state index contributed by atoms with van der Waals surface area (Å²) in [4.78, 5) is 4.41. The highest BCUT2D eigenvalue weighted by Gasteiger charge is 2.09. The van der Waals surface area contributed by atoms with Gasteiger partial charge in [-0.05, 0) is 43.5 Å². The first kappa shape index (κ1) is 14.7. The van der Waals surface area contributed by atoms with E-state index >= 15 is 0 Å². The van der Waals surface area contributed by atoms with Gasteiger partial charge in [0.25, 0.3) is 0 Å². The third kappa shape index (κ3) is 3.45. The third-order valence-electron chi connectivity index (χ3n) is 3.59. The second-order valence-electron chi connectivity index (χ2n) is 5.14. The Hall–Kier alpha value is -1.68. The van der Waals surface area contributed by atoms with Gasteiger partial charge in [-0.2, -0.15) is 0 Å². The number of pyridine rings is 1. The lowest BCUT2D eigenvalue weighted by Crippen LogP contribution is -2.15. The van der Waals surface area contributed by atoms with E-state index in [0.717, 1.165) is 41.7 Å². The summed E-state index contributed by atoms with van der Waals surface area (Å²) in [5.74, 6) is 0.158. The number of aliphatic hydroxyl groups excluding tert-OH is 1. The largest absolute Gasteiger partial charge is 0.396 e. The molecule has 108 valence electrons. The fourth-order valence-corrected chi connectivity index (χ4v) is 2.36. The summed E-state index contributed by atoms with van der Waals surface area (Å²) in [6, 6.07) is 6.58. The van der Waals surface area contributed by atoms with Crippen LogP contribution in [0.1, 0.15) is 25.5 Å². The molecule has 1 heterocycles. The van der Waals surface area contributed by atoms with Crippen molar-refractivity contribution in [1.29, 1.82) is 0 Å². The Morgan fingerprint density at radius 1 is 1.35 bits per heavy atom. The lowest BCUT2D eigenvalue weighted by Gasteiger charge is -2.17. The average Bonchev–Trinajstić information content (AvgIpc) is 2.43. The number of hydrogen-bond acceptors (Lipinski definition) is 3. The molecule has 3 nitrogen and oxygen atoms in total. The Kier molecular flexibility index (Phi) is 4.90. The molecule has 0 bridgehead atoms. The van der Waals surface area contributed by atoms with Gasteiger partial charge in [-0.1, -0.05) is 13.3 Å². The van der Waals surface area contributed by atoms with Crippen LogP contribution in [0.5, 0.6) is 0 Å². The first-order chi connectivity index (χ1) is 9.63. The molecule has 4 heteroatoms. The van der Waals surface area contributed by atoms with Crippen LogP contribution in [0.25, 0.3) is 10.9 Å². The summed E-state index contributed by atoms with van der Waals surface area (Å²) >= 11 is 0. The Morgan fingerprint density at radius 3 is 2.85 bits per heavy atom. The lowest BCUT2D eigenvalue weighted by molar-refractivity contribution is 0.258. The van der Waals surface area contributed by atoms with Crippen LogP contribution >= 0.6 is 0 Å². The van der Waals surface area contributed by atoms with Crippen molar-refractivity contribution >= 4 is 16.6 Å². The molecule has 2 rings (SSSR count). The van der Waals surface area contributed by atoms with Gasteiger partial charge in [-0.25, -0.2) is 4.39 Å². The minimum Gasteiger partial charge on any atom is -0.396 e. The molecule has 0 amide bonds. The number of halogens is 1. The second-order valence-corrected chi connectivity index (χ2v) is 5.14. The number of fused-ring (bicyclic) bond motifs is 1. The normalized spacial score (nSPS) is 12.6. The maximum Gasteiger partial charge on any atom is 0.124 e. The Morgan fingerprint density at radius 2 is 2.15 bits per heavy atom. The van der Waals surface area contributed by atoms with Crippen molar-refractivity contribution in [3.8, 4) is 0 Å². The van der Waals surface area contributed by atoms with E-state index in [1.54, 1.807) is 6.07 Å². The SMILES string of the molecule is CCC(CCO)CNc1cc(C)nc2ccc(F)cc12. The predicted octanol–water partition coefficient (Wildman–Crippen LogP) is 3.50. The summed E-state index contributed by atoms with van der Waals surface area (Å²) in [5.41, 5.74) is 2.61. The van der Waals surface area contributed by atoms with Crippen LogP contribution in [0, 0.1) is 18.7 Å². The van der Waals surface area contributed by atoms with Crippen molar-refractivity contribution in [2.24, 2.45) is 5.92 Å². The smallest absolute Gasteiger partial charge is 0.124 e. The molecule has 1 unspecified atom stereocenters. The van der Waals surface area contributed by atoms with E-state index in [-0.39, 0.29) is 12.4 Å². The minimum absolute atomic E-state index is 0.199. The van der Waals surface area contributed by atoms with Gasteiger partial charge in [-0.3, -0.25) is 4.98 Å². The summed E-state index contributed by atoms with van der Waals surface area (Å²) in [6.45, 7) is 5.01. The van der Waals surface area contributed by atoms with Crippen molar-refractivity contribution in [2.75, 3.05) is 18.5 Å². The van der Waals surface area contributed by atoms with E-state index in [9.17, 15) is 4.39 Å². The molecule has 0 fully saturated rings. The minimum atomic E-state index is -0.256. The van der Waals surface area contributed by atoms with Crippen LogP contribution in [-0.2, 0) is 0 Å². The second kappa shape index (κ2) is 6.66. The Labute approximate surface area is 118 Å². The lowest BCUT2D eigenvalue weighted by atomic mass is 10.0. The molecular formula is C16H21FN2O. The van der Waals surface area contributed by atoms with E-state index in [0.29, 0.717) is 5.92 Å². The van der Waals surface area contributed by atoms with Crippen molar-refractivity contribution in [3.63, 3.8) is 0 Å². The zero-order valence-electron chi connectivity index (χ0n) is 12.0. The number of rotatable bonds is 6. The van der Waals surface area contributed by atoms with Crippen LogP contribution < -0.4 is 5.32 Å². The van der Waals surface area contributed by atoms with Gasteiger partial charge >= 0.3 is 0 Å². The van der Waals surface area contributed by atoms with E-state index in [4.69, 9.17) is 5.11 Å². The molecule has 20 heavy (non-hydrogen) atoms. The Bertz CT molecular complexity index is 586. The van der Waals surface area contributed by atoms with Crippen LogP contribution in [0.3, 0.4) is 0 Å². The van der Waals surface area contributed by atoms with Gasteiger partial charge in [-0.15, -0.1) is 0 Å². The Balaban J connectivity index is 2.26. The van der Waals surface area contributed by atoms with Crippen LogP contribution in [0.2, 0.25) is 0 Å². The number of nitrogens with one attached hydrogen (secondary N) is 1. The van der Waals surface area contributed by atoms with Gasteiger partial charge in [0.15, 0.2) is 0 Å². The zero-order chi connectivity index (χ0) is 14.5. The van der Waals surface area contributed by atoms with Gasteiger partial charge in [0.1, 0.15) is 5.82 Å². The standard InChI is InChI=1S/C16H21FN2O/c1-3-12(6-7-20)10-18-16-8-11(2)19-15-5-4-13(17)9-14(15)16/h4-5,8-9,12,20H,3,6-7,10H2,1-2H3,(H,18,19). The average molecular weight is 276 g/mol. The molecule has 1 aromatic carbocycles. The van der Waals surface area contributed by atoms with Crippen molar-refractivity contribution in [1.82, 2.24) is 4.98 Å². The zero-order valence-corrected chi connectivity index (χ0v) is 12.0. The van der Waals surface area contributed by atoms with Crippen molar-refractivity contribution in [3.05, 3.63) is 35.8 Å². The predicted molar refractivity (Wildman–Crippen MR) is 80.4 cm³/mol. The molecule has 1 atom stereocenters. The van der Waals surface area contributed by atoms with Gasteiger partial charge < -0.3 is 10.4 Å². The summed E-state index contributed by atoms with van der Waals surface area (Å²) < 4.78 is 13.4. The third-order valence-corrected chi connectivity index (χ3v) is 3.59.